The van der Waals surface area contributed by atoms with Crippen molar-refractivity contribution in [3.05, 3.63) is 100 Å². The first kappa shape index (κ1) is 21.9. The molecule has 0 saturated carbocycles. The van der Waals surface area contributed by atoms with Crippen molar-refractivity contribution in [1.29, 1.82) is 0 Å². The van der Waals surface area contributed by atoms with Gasteiger partial charge in [0.1, 0.15) is 0 Å². The Hall–Kier alpha value is -2.83. The second kappa shape index (κ2) is 8.13. The highest BCUT2D eigenvalue weighted by Crippen LogP contribution is 2.32. The van der Waals surface area contributed by atoms with Gasteiger partial charge in [-0.25, -0.2) is 8.42 Å². The number of benzene rings is 2. The fourth-order valence-corrected chi connectivity index (χ4v) is 4.21. The number of anilines is 1. The highest BCUT2D eigenvalue weighted by molar-refractivity contribution is 7.92. The summed E-state index contributed by atoms with van der Waals surface area (Å²) >= 11 is 6.15. The number of pyridine rings is 1. The fraction of sp³-hybridized carbons (Fsp3) is 0.174. The van der Waals surface area contributed by atoms with Crippen LogP contribution in [0.25, 0.3) is 5.57 Å². The first-order chi connectivity index (χ1) is 14.0. The third-order valence-corrected chi connectivity index (χ3v) is 6.35. The summed E-state index contributed by atoms with van der Waals surface area (Å²) in [5.41, 5.74) is 3.07. The largest absolute Gasteiger partial charge is 0.619 e. The smallest absolute Gasteiger partial charge is 0.261 e. The lowest BCUT2D eigenvalue weighted by Crippen LogP contribution is -2.23. The summed E-state index contributed by atoms with van der Waals surface area (Å²) in [7, 11) is -3.82. The lowest BCUT2D eigenvalue weighted by Gasteiger charge is -2.19. The molecule has 0 aliphatic heterocycles. The average molecular weight is 443 g/mol. The van der Waals surface area contributed by atoms with E-state index in [0.717, 1.165) is 5.56 Å². The van der Waals surface area contributed by atoms with Crippen molar-refractivity contribution in [1.82, 2.24) is 0 Å². The van der Waals surface area contributed by atoms with Crippen molar-refractivity contribution >= 4 is 32.9 Å². The van der Waals surface area contributed by atoms with Crippen LogP contribution in [0.15, 0.2) is 78.5 Å². The zero-order chi connectivity index (χ0) is 22.1. The number of sulfonamides is 1. The van der Waals surface area contributed by atoms with E-state index in [1.807, 2.05) is 12.1 Å². The predicted octanol–water partition coefficient (Wildman–Crippen LogP) is 5.13. The summed E-state index contributed by atoms with van der Waals surface area (Å²) < 4.78 is 29.3. The minimum atomic E-state index is -3.82. The van der Waals surface area contributed by atoms with E-state index in [2.05, 4.69) is 32.1 Å². The molecule has 0 spiro atoms. The van der Waals surface area contributed by atoms with Crippen LogP contribution in [0.2, 0.25) is 5.02 Å². The van der Waals surface area contributed by atoms with Crippen molar-refractivity contribution in [3.63, 3.8) is 0 Å². The second-order valence-corrected chi connectivity index (χ2v) is 10.1. The van der Waals surface area contributed by atoms with Gasteiger partial charge in [0, 0.05) is 22.7 Å². The van der Waals surface area contributed by atoms with Gasteiger partial charge in [0.25, 0.3) is 10.0 Å². The maximum absolute atomic E-state index is 13.0. The Kier molecular flexibility index (Phi) is 5.92. The molecule has 2 aromatic carbocycles. The van der Waals surface area contributed by atoms with Crippen LogP contribution in [-0.2, 0) is 15.4 Å². The molecule has 1 N–H and O–H groups in total. The van der Waals surface area contributed by atoms with Gasteiger partial charge in [0.2, 0.25) is 0 Å². The second-order valence-electron chi connectivity index (χ2n) is 8.00. The molecule has 0 bridgehead atoms. The topological polar surface area (TPSA) is 73.1 Å². The Morgan fingerprint density at radius 1 is 1.03 bits per heavy atom. The van der Waals surface area contributed by atoms with E-state index in [1.165, 1.54) is 12.4 Å². The highest BCUT2D eigenvalue weighted by Gasteiger charge is 2.20. The molecule has 1 heterocycles. The van der Waals surface area contributed by atoms with Crippen molar-refractivity contribution in [3.8, 4) is 0 Å². The molecule has 30 heavy (non-hydrogen) atoms. The molecule has 0 unspecified atom stereocenters. The van der Waals surface area contributed by atoms with E-state index in [9.17, 15) is 13.6 Å². The summed E-state index contributed by atoms with van der Waals surface area (Å²) in [4.78, 5) is 0.161. The predicted molar refractivity (Wildman–Crippen MR) is 121 cm³/mol. The van der Waals surface area contributed by atoms with Crippen LogP contribution in [0.1, 0.15) is 37.5 Å². The van der Waals surface area contributed by atoms with E-state index in [0.29, 0.717) is 32.1 Å². The summed E-state index contributed by atoms with van der Waals surface area (Å²) in [5.74, 6) is 0. The Bertz CT molecular complexity index is 1180. The average Bonchev–Trinajstić information content (AvgIpc) is 2.69. The van der Waals surface area contributed by atoms with E-state index in [1.54, 1.807) is 42.5 Å². The molecule has 0 radical (unpaired) electrons. The third-order valence-electron chi connectivity index (χ3n) is 4.73. The molecule has 0 saturated heterocycles. The minimum absolute atomic E-state index is 0.0747. The van der Waals surface area contributed by atoms with Crippen LogP contribution >= 0.6 is 11.6 Å². The van der Waals surface area contributed by atoms with Gasteiger partial charge in [-0.05, 0) is 52.4 Å². The molecular formula is C23H23ClN2O3S. The monoisotopic (exact) mass is 442 g/mol. The number of nitrogens with zero attached hydrogens (tertiary/aromatic N) is 1. The van der Waals surface area contributed by atoms with Gasteiger partial charge in [0.15, 0.2) is 12.4 Å². The molecule has 156 valence electrons. The fourth-order valence-electron chi connectivity index (χ4n) is 2.96. The van der Waals surface area contributed by atoms with Crippen LogP contribution < -0.4 is 9.45 Å². The number of hydrogen-bond acceptors (Lipinski definition) is 3. The molecule has 0 aliphatic carbocycles. The van der Waals surface area contributed by atoms with Crippen molar-refractivity contribution < 1.29 is 13.1 Å². The molecule has 0 aliphatic rings. The molecule has 0 amide bonds. The molecule has 3 rings (SSSR count). The molecule has 0 fully saturated rings. The molecule has 7 heteroatoms. The number of hydrogen-bond donors (Lipinski definition) is 1. The molecule has 1 aromatic heterocycles. The Morgan fingerprint density at radius 3 is 2.20 bits per heavy atom. The summed E-state index contributed by atoms with van der Waals surface area (Å²) in [6.07, 6.45) is 2.71. The van der Waals surface area contributed by atoms with Crippen molar-refractivity contribution in [2.75, 3.05) is 4.72 Å². The highest BCUT2D eigenvalue weighted by atomic mass is 35.5. The SMILES string of the molecule is C=C(c1cc[n+]([O-])cc1)c1cc(Cl)ccc1NS(=O)(=O)c1ccc(C(C)(C)C)cc1. The lowest BCUT2D eigenvalue weighted by molar-refractivity contribution is -0.605. The molecule has 0 atom stereocenters. The maximum atomic E-state index is 13.0. The Balaban J connectivity index is 1.96. The van der Waals surface area contributed by atoms with E-state index in [4.69, 9.17) is 11.6 Å². The summed E-state index contributed by atoms with van der Waals surface area (Å²) in [6, 6.07) is 14.9. The number of nitrogens with one attached hydrogen (secondary N) is 1. The molecule has 3 aromatic rings. The normalized spacial score (nSPS) is 11.9. The van der Waals surface area contributed by atoms with Crippen molar-refractivity contribution in [2.24, 2.45) is 0 Å². The lowest BCUT2D eigenvalue weighted by atomic mass is 9.87. The third kappa shape index (κ3) is 4.83. The zero-order valence-corrected chi connectivity index (χ0v) is 18.6. The van der Waals surface area contributed by atoms with Crippen LogP contribution in [0, 0.1) is 5.21 Å². The van der Waals surface area contributed by atoms with Crippen LogP contribution in [0.4, 0.5) is 5.69 Å². The van der Waals surface area contributed by atoms with E-state index >= 15 is 0 Å². The summed E-state index contributed by atoms with van der Waals surface area (Å²) in [5, 5.41) is 11.7. The Labute approximate surface area is 182 Å². The van der Waals surface area contributed by atoms with Gasteiger partial charge in [-0.1, -0.05) is 51.1 Å². The van der Waals surface area contributed by atoms with Gasteiger partial charge >= 0.3 is 0 Å². The first-order valence-corrected chi connectivity index (χ1v) is 11.1. The maximum Gasteiger partial charge on any atom is 0.261 e. The number of aromatic nitrogens is 1. The number of halogens is 1. The zero-order valence-electron chi connectivity index (χ0n) is 17.0. The Morgan fingerprint density at radius 2 is 1.63 bits per heavy atom. The van der Waals surface area contributed by atoms with Gasteiger partial charge < -0.3 is 5.21 Å². The van der Waals surface area contributed by atoms with Crippen LogP contribution in [0.5, 0.6) is 0 Å². The van der Waals surface area contributed by atoms with Gasteiger partial charge in [-0.2, -0.15) is 4.73 Å². The standard InChI is InChI=1S/C23H23ClN2O3S/c1-16(17-11-13-26(27)14-12-17)21-15-19(24)7-10-22(21)25-30(28,29)20-8-5-18(6-9-20)23(2,3)4/h5-15,25H,1H2,2-4H3. The van der Waals surface area contributed by atoms with E-state index < -0.39 is 10.0 Å². The first-order valence-electron chi connectivity index (χ1n) is 9.29. The number of rotatable bonds is 5. The van der Waals surface area contributed by atoms with Gasteiger partial charge in [-0.15, -0.1) is 0 Å². The summed E-state index contributed by atoms with van der Waals surface area (Å²) in [6.45, 7) is 10.3. The quantitative estimate of drug-likeness (QED) is 0.439. The van der Waals surface area contributed by atoms with Crippen LogP contribution in [-0.4, -0.2) is 8.42 Å². The van der Waals surface area contributed by atoms with Gasteiger partial charge in [0.05, 0.1) is 10.6 Å². The molecule has 5 nitrogen and oxygen atoms in total. The van der Waals surface area contributed by atoms with E-state index in [-0.39, 0.29) is 10.3 Å². The van der Waals surface area contributed by atoms with Gasteiger partial charge in [-0.3, -0.25) is 4.72 Å². The molecular weight excluding hydrogens is 420 g/mol. The minimum Gasteiger partial charge on any atom is -0.619 e. The van der Waals surface area contributed by atoms with Crippen LogP contribution in [0.3, 0.4) is 0 Å². The van der Waals surface area contributed by atoms with Crippen molar-refractivity contribution in [2.45, 2.75) is 31.1 Å².